The minimum Gasteiger partial charge on any atom is -0.508 e. The normalized spacial score (nSPS) is 10.4. The number of anilines is 1. The second kappa shape index (κ2) is 5.61. The quantitative estimate of drug-likeness (QED) is 0.597. The monoisotopic (exact) mass is 295 g/mol. The van der Waals surface area contributed by atoms with E-state index in [4.69, 9.17) is 0 Å². The van der Waals surface area contributed by atoms with Crippen molar-refractivity contribution in [1.29, 1.82) is 0 Å². The molecule has 0 fully saturated rings. The summed E-state index contributed by atoms with van der Waals surface area (Å²) in [5.41, 5.74) is 1.44. The molecule has 1 aromatic heterocycles. The number of hydrogen-bond acceptors (Lipinski definition) is 4. The Morgan fingerprint density at radius 2 is 1.77 bits per heavy atom. The number of benzene rings is 2. The number of carbonyl (C=O) groups is 1. The zero-order valence-electron chi connectivity index (χ0n) is 11.4. The number of nitrogens with one attached hydrogen (secondary N) is 2. The van der Waals surface area contributed by atoms with Gasteiger partial charge in [0.1, 0.15) is 23.0 Å². The maximum atomic E-state index is 12.1. The number of rotatable bonds is 3. The predicted molar refractivity (Wildman–Crippen MR) is 81.7 cm³/mol. The molecule has 2 aromatic carbocycles. The average molecular weight is 295 g/mol. The van der Waals surface area contributed by atoms with Crippen molar-refractivity contribution >= 4 is 11.6 Å². The fourth-order valence-electron chi connectivity index (χ4n) is 2.02. The van der Waals surface area contributed by atoms with Crippen molar-refractivity contribution in [2.45, 2.75) is 0 Å². The Morgan fingerprint density at radius 3 is 2.50 bits per heavy atom. The number of hydrogen-bond donors (Lipinski definition) is 4. The zero-order chi connectivity index (χ0) is 15.5. The van der Waals surface area contributed by atoms with Gasteiger partial charge in [0.05, 0.1) is 6.20 Å². The van der Waals surface area contributed by atoms with Gasteiger partial charge in [0.25, 0.3) is 5.91 Å². The molecule has 0 atom stereocenters. The lowest BCUT2D eigenvalue weighted by molar-refractivity contribution is 0.102. The Bertz CT molecular complexity index is 827. The van der Waals surface area contributed by atoms with Gasteiger partial charge in [0, 0.05) is 17.3 Å². The van der Waals surface area contributed by atoms with E-state index in [1.807, 2.05) is 0 Å². The third kappa shape index (κ3) is 2.90. The molecule has 0 radical (unpaired) electrons. The van der Waals surface area contributed by atoms with E-state index in [0.717, 1.165) is 0 Å². The van der Waals surface area contributed by atoms with Crippen molar-refractivity contribution in [3.05, 3.63) is 60.4 Å². The number of phenols is 2. The lowest BCUT2D eigenvalue weighted by atomic mass is 10.2. The third-order valence-electron chi connectivity index (χ3n) is 3.04. The minimum absolute atomic E-state index is 0.0721. The van der Waals surface area contributed by atoms with Crippen LogP contribution in [0.2, 0.25) is 0 Å². The van der Waals surface area contributed by atoms with Crippen LogP contribution in [0.1, 0.15) is 10.5 Å². The predicted octanol–water partition coefficient (Wildman–Crippen LogP) is 2.74. The molecule has 1 amide bonds. The van der Waals surface area contributed by atoms with Crippen LogP contribution in [0, 0.1) is 0 Å². The molecule has 0 saturated carbocycles. The molecule has 0 saturated heterocycles. The van der Waals surface area contributed by atoms with E-state index in [9.17, 15) is 15.0 Å². The summed E-state index contributed by atoms with van der Waals surface area (Å²) in [6.45, 7) is 0. The smallest absolute Gasteiger partial charge is 0.273 e. The Balaban J connectivity index is 1.80. The second-order valence-corrected chi connectivity index (χ2v) is 4.70. The van der Waals surface area contributed by atoms with Crippen molar-refractivity contribution in [1.82, 2.24) is 9.97 Å². The summed E-state index contributed by atoms with van der Waals surface area (Å²) in [4.78, 5) is 19.1. The highest BCUT2D eigenvalue weighted by Crippen LogP contribution is 2.21. The van der Waals surface area contributed by atoms with Gasteiger partial charge in [0.15, 0.2) is 0 Å². The number of imidazole rings is 1. The summed E-state index contributed by atoms with van der Waals surface area (Å²) >= 11 is 0. The fraction of sp³-hybridized carbons (Fsp3) is 0. The first-order chi connectivity index (χ1) is 10.6. The van der Waals surface area contributed by atoms with Gasteiger partial charge in [-0.15, -0.1) is 0 Å². The molecular formula is C16H13N3O3. The molecule has 4 N–H and O–H groups in total. The molecule has 0 aliphatic rings. The number of aromatic nitrogens is 2. The Kier molecular flexibility index (Phi) is 3.49. The summed E-state index contributed by atoms with van der Waals surface area (Å²) in [6, 6.07) is 12.9. The van der Waals surface area contributed by atoms with Crippen LogP contribution in [0.4, 0.5) is 5.69 Å². The number of amides is 1. The topological polar surface area (TPSA) is 98.2 Å². The van der Waals surface area contributed by atoms with E-state index < -0.39 is 0 Å². The Labute approximate surface area is 126 Å². The first kappa shape index (κ1) is 13.7. The molecule has 6 heteroatoms. The molecule has 0 bridgehead atoms. The molecule has 110 valence electrons. The van der Waals surface area contributed by atoms with E-state index in [0.29, 0.717) is 17.1 Å². The Hall–Kier alpha value is -3.28. The van der Waals surface area contributed by atoms with Gasteiger partial charge >= 0.3 is 0 Å². The molecule has 3 rings (SSSR count). The van der Waals surface area contributed by atoms with Crippen molar-refractivity contribution < 1.29 is 15.0 Å². The number of carbonyl (C=O) groups excluding carboxylic acids is 1. The average Bonchev–Trinajstić information content (AvgIpc) is 2.97. The van der Waals surface area contributed by atoms with Gasteiger partial charge in [-0.3, -0.25) is 4.79 Å². The van der Waals surface area contributed by atoms with E-state index in [2.05, 4.69) is 15.3 Å². The van der Waals surface area contributed by atoms with Gasteiger partial charge in [0.2, 0.25) is 0 Å². The van der Waals surface area contributed by atoms with E-state index in [1.165, 1.54) is 18.3 Å². The summed E-state index contributed by atoms with van der Waals surface area (Å²) in [5, 5.41) is 21.5. The third-order valence-corrected chi connectivity index (χ3v) is 3.04. The molecular weight excluding hydrogens is 282 g/mol. The molecule has 1 heterocycles. The van der Waals surface area contributed by atoms with E-state index in [-0.39, 0.29) is 23.1 Å². The largest absolute Gasteiger partial charge is 0.508 e. The summed E-state index contributed by atoms with van der Waals surface area (Å²) < 4.78 is 0. The SMILES string of the molecule is O=C(Nc1cccc(O)c1)c1cnc(-c2cccc(O)c2)[nH]1. The number of H-pyrrole nitrogens is 1. The number of aromatic amines is 1. The molecule has 0 spiro atoms. The van der Waals surface area contributed by atoms with Crippen LogP contribution in [0.25, 0.3) is 11.4 Å². The first-order valence-corrected chi connectivity index (χ1v) is 6.56. The first-order valence-electron chi connectivity index (χ1n) is 6.56. The maximum absolute atomic E-state index is 12.1. The van der Waals surface area contributed by atoms with Gasteiger partial charge in [-0.2, -0.15) is 0 Å². The molecule has 3 aromatic rings. The summed E-state index contributed by atoms with van der Waals surface area (Å²) in [6.07, 6.45) is 1.41. The van der Waals surface area contributed by atoms with Crippen molar-refractivity contribution in [2.24, 2.45) is 0 Å². The van der Waals surface area contributed by atoms with Crippen molar-refractivity contribution in [2.75, 3.05) is 5.32 Å². The van der Waals surface area contributed by atoms with Crippen LogP contribution in [0.15, 0.2) is 54.7 Å². The highest BCUT2D eigenvalue weighted by Gasteiger charge is 2.11. The van der Waals surface area contributed by atoms with Gasteiger partial charge in [-0.25, -0.2) is 4.98 Å². The highest BCUT2D eigenvalue weighted by atomic mass is 16.3. The van der Waals surface area contributed by atoms with Crippen LogP contribution in [0.3, 0.4) is 0 Å². The molecule has 0 unspecified atom stereocenters. The highest BCUT2D eigenvalue weighted by molar-refractivity contribution is 6.03. The minimum atomic E-state index is -0.371. The molecule has 0 aliphatic heterocycles. The van der Waals surface area contributed by atoms with Gasteiger partial charge < -0.3 is 20.5 Å². The van der Waals surface area contributed by atoms with Crippen LogP contribution in [-0.4, -0.2) is 26.1 Å². The van der Waals surface area contributed by atoms with E-state index >= 15 is 0 Å². The van der Waals surface area contributed by atoms with Crippen LogP contribution >= 0.6 is 0 Å². The second-order valence-electron chi connectivity index (χ2n) is 4.70. The summed E-state index contributed by atoms with van der Waals surface area (Å²) in [5.74, 6) is 0.309. The lowest BCUT2D eigenvalue weighted by Gasteiger charge is -2.03. The van der Waals surface area contributed by atoms with Gasteiger partial charge in [-0.05, 0) is 24.3 Å². The lowest BCUT2D eigenvalue weighted by Crippen LogP contribution is -2.12. The fourth-order valence-corrected chi connectivity index (χ4v) is 2.02. The zero-order valence-corrected chi connectivity index (χ0v) is 11.4. The number of phenolic OH excluding ortho intramolecular Hbond substituents is 2. The van der Waals surface area contributed by atoms with Crippen LogP contribution < -0.4 is 5.32 Å². The van der Waals surface area contributed by atoms with Gasteiger partial charge in [-0.1, -0.05) is 18.2 Å². The van der Waals surface area contributed by atoms with Crippen molar-refractivity contribution in [3.63, 3.8) is 0 Å². The number of nitrogens with zero attached hydrogens (tertiary/aromatic N) is 1. The molecule has 0 aliphatic carbocycles. The standard InChI is InChI=1S/C16H13N3O3/c20-12-5-1-3-10(7-12)15-17-9-14(19-15)16(22)18-11-4-2-6-13(21)8-11/h1-9,20-21H,(H,17,19)(H,18,22). The van der Waals surface area contributed by atoms with Crippen LogP contribution in [0.5, 0.6) is 11.5 Å². The van der Waals surface area contributed by atoms with Crippen LogP contribution in [-0.2, 0) is 0 Å². The maximum Gasteiger partial charge on any atom is 0.273 e. The molecule has 22 heavy (non-hydrogen) atoms. The number of aromatic hydroxyl groups is 2. The molecule has 6 nitrogen and oxygen atoms in total. The van der Waals surface area contributed by atoms with E-state index in [1.54, 1.807) is 36.4 Å². The summed E-state index contributed by atoms with van der Waals surface area (Å²) in [7, 11) is 0. The Morgan fingerprint density at radius 1 is 1.05 bits per heavy atom. The van der Waals surface area contributed by atoms with Crippen molar-refractivity contribution in [3.8, 4) is 22.9 Å².